The second-order valence-electron chi connectivity index (χ2n) is 3.82. The second-order valence-corrected chi connectivity index (χ2v) is 5.64. The minimum atomic E-state index is -1.77. The molecule has 0 radical (unpaired) electrons. The quantitative estimate of drug-likeness (QED) is 0.870. The predicted octanol–water partition coefficient (Wildman–Crippen LogP) is 2.16. The van der Waals surface area contributed by atoms with E-state index in [0.717, 1.165) is 29.6 Å². The molecule has 1 fully saturated rings. The monoisotopic (exact) mass is 304 g/mol. The summed E-state index contributed by atoms with van der Waals surface area (Å²) in [5, 5.41) is 0. The molecule has 88 valence electrons. The molecule has 0 bridgehead atoms. The highest BCUT2D eigenvalue weighted by Gasteiger charge is 2.27. The van der Waals surface area contributed by atoms with E-state index < -0.39 is 11.1 Å². The maximum absolute atomic E-state index is 10.8. The average Bonchev–Trinajstić information content (AvgIpc) is 2.66. The van der Waals surface area contributed by atoms with Crippen LogP contribution in [0.2, 0.25) is 0 Å². The first-order chi connectivity index (χ1) is 7.66. The van der Waals surface area contributed by atoms with Crippen molar-refractivity contribution in [2.45, 2.75) is 18.9 Å². The highest BCUT2D eigenvalue weighted by Crippen LogP contribution is 2.30. The number of hydrogen-bond donors (Lipinski definition) is 1. The van der Waals surface area contributed by atoms with Gasteiger partial charge in [0.25, 0.3) is 0 Å². The molecule has 1 aromatic rings. The van der Waals surface area contributed by atoms with Crippen molar-refractivity contribution in [1.29, 1.82) is 0 Å². The largest absolute Gasteiger partial charge is 0.305 e. The molecule has 1 saturated heterocycles. The first kappa shape index (κ1) is 12.2. The lowest BCUT2D eigenvalue weighted by Gasteiger charge is -2.22. The predicted molar refractivity (Wildman–Crippen MR) is 66.3 cm³/mol. The normalized spacial score (nSPS) is 23.5. The Labute approximate surface area is 105 Å². The van der Waals surface area contributed by atoms with Crippen LogP contribution in [0, 0.1) is 0 Å². The average molecular weight is 305 g/mol. The van der Waals surface area contributed by atoms with Gasteiger partial charge in [-0.3, -0.25) is 9.88 Å². The highest BCUT2D eigenvalue weighted by molar-refractivity contribution is 9.10. The van der Waals surface area contributed by atoms with Gasteiger partial charge in [0, 0.05) is 10.7 Å². The highest BCUT2D eigenvalue weighted by atomic mass is 79.9. The first-order valence-electron chi connectivity index (χ1n) is 5.10. The van der Waals surface area contributed by atoms with Gasteiger partial charge in [0.1, 0.15) is 5.88 Å². The van der Waals surface area contributed by atoms with E-state index in [1.54, 1.807) is 6.20 Å². The summed E-state index contributed by atoms with van der Waals surface area (Å²) < 4.78 is 20.7. The van der Waals surface area contributed by atoms with Gasteiger partial charge in [0.05, 0.1) is 11.7 Å². The Bertz CT molecular complexity index is 385. The van der Waals surface area contributed by atoms with Crippen LogP contribution in [0.5, 0.6) is 0 Å². The molecule has 4 nitrogen and oxygen atoms in total. The van der Waals surface area contributed by atoms with Crippen LogP contribution in [0.15, 0.2) is 22.8 Å². The summed E-state index contributed by atoms with van der Waals surface area (Å²) in [5.74, 6) is 0.211. The van der Waals surface area contributed by atoms with Gasteiger partial charge in [-0.1, -0.05) is 0 Å². The zero-order valence-electron chi connectivity index (χ0n) is 8.67. The Morgan fingerprint density at radius 1 is 1.62 bits per heavy atom. The van der Waals surface area contributed by atoms with E-state index >= 15 is 0 Å². The first-order valence-corrected chi connectivity index (χ1v) is 7.16. The zero-order chi connectivity index (χ0) is 11.5. The van der Waals surface area contributed by atoms with Crippen molar-refractivity contribution in [2.24, 2.45) is 0 Å². The topological polar surface area (TPSA) is 53.4 Å². The van der Waals surface area contributed by atoms with Crippen molar-refractivity contribution in [2.75, 3.05) is 12.4 Å². The molecule has 2 heterocycles. The van der Waals surface area contributed by atoms with E-state index in [2.05, 4.69) is 20.9 Å². The number of pyridine rings is 1. The van der Waals surface area contributed by atoms with Crippen LogP contribution in [0.25, 0.3) is 0 Å². The number of nitrogens with zero attached hydrogens (tertiary/aromatic N) is 2. The number of hydrogen-bond acceptors (Lipinski definition) is 3. The van der Waals surface area contributed by atoms with E-state index in [0.29, 0.717) is 0 Å². The van der Waals surface area contributed by atoms with Gasteiger partial charge in [0.15, 0.2) is 11.1 Å². The lowest BCUT2D eigenvalue weighted by molar-refractivity contribution is 0.290. The van der Waals surface area contributed by atoms with Crippen molar-refractivity contribution in [3.63, 3.8) is 0 Å². The van der Waals surface area contributed by atoms with Crippen molar-refractivity contribution in [3.05, 3.63) is 28.5 Å². The minimum absolute atomic E-state index is 0.184. The molecule has 0 amide bonds. The van der Waals surface area contributed by atoms with Crippen LogP contribution in [0.3, 0.4) is 0 Å². The summed E-state index contributed by atoms with van der Waals surface area (Å²) in [6, 6.07) is 4.10. The summed E-state index contributed by atoms with van der Waals surface area (Å²) in [7, 11) is 0. The van der Waals surface area contributed by atoms with Crippen LogP contribution in [0.1, 0.15) is 24.6 Å². The van der Waals surface area contributed by atoms with E-state index in [1.807, 2.05) is 17.0 Å². The zero-order valence-corrected chi connectivity index (χ0v) is 11.1. The molecule has 6 heteroatoms. The van der Waals surface area contributed by atoms with Gasteiger partial charge in [-0.25, -0.2) is 4.21 Å². The number of likely N-dealkylation sites (tertiary alicyclic amines) is 1. The SMILES string of the molecule is O=S(O)CN1CCCC1c1ccc(Br)cn1. The molecule has 1 aliphatic rings. The Morgan fingerprint density at radius 3 is 3.06 bits per heavy atom. The molecule has 16 heavy (non-hydrogen) atoms. The second kappa shape index (κ2) is 5.35. The summed E-state index contributed by atoms with van der Waals surface area (Å²) >= 11 is 1.58. The van der Waals surface area contributed by atoms with Crippen LogP contribution < -0.4 is 0 Å². The maximum atomic E-state index is 10.8. The fourth-order valence-electron chi connectivity index (χ4n) is 2.04. The Balaban J connectivity index is 2.13. The number of aromatic nitrogens is 1. The van der Waals surface area contributed by atoms with E-state index in [-0.39, 0.29) is 11.9 Å². The molecule has 0 aromatic carbocycles. The van der Waals surface area contributed by atoms with Crippen molar-refractivity contribution in [1.82, 2.24) is 9.88 Å². The molecule has 0 saturated carbocycles. The van der Waals surface area contributed by atoms with Crippen LogP contribution in [0.4, 0.5) is 0 Å². The van der Waals surface area contributed by atoms with Gasteiger partial charge in [-0.2, -0.15) is 0 Å². The summed E-state index contributed by atoms with van der Waals surface area (Å²) in [5.41, 5.74) is 0.978. The molecule has 1 N–H and O–H groups in total. The molecule has 2 unspecified atom stereocenters. The fourth-order valence-corrected chi connectivity index (χ4v) is 2.87. The Kier molecular flexibility index (Phi) is 4.07. The smallest absolute Gasteiger partial charge is 0.167 e. The lowest BCUT2D eigenvalue weighted by atomic mass is 10.1. The molecule has 2 rings (SSSR count). The minimum Gasteiger partial charge on any atom is -0.305 e. The van der Waals surface area contributed by atoms with Crippen molar-refractivity contribution < 1.29 is 8.76 Å². The number of rotatable bonds is 3. The summed E-state index contributed by atoms with van der Waals surface area (Å²) in [6.07, 6.45) is 3.83. The number of halogens is 1. The van der Waals surface area contributed by atoms with Crippen LogP contribution >= 0.6 is 15.9 Å². The van der Waals surface area contributed by atoms with E-state index in [1.165, 1.54) is 0 Å². The van der Waals surface area contributed by atoms with Crippen molar-refractivity contribution in [3.8, 4) is 0 Å². The molecule has 2 atom stereocenters. The standard InChI is InChI=1S/C10H13BrN2O2S/c11-8-3-4-9(12-6-8)10-2-1-5-13(10)7-16(14)15/h3-4,6,10H,1-2,5,7H2,(H,14,15). The molecule has 0 aliphatic carbocycles. The van der Waals surface area contributed by atoms with Gasteiger partial charge in [-0.15, -0.1) is 0 Å². The van der Waals surface area contributed by atoms with Gasteiger partial charge >= 0.3 is 0 Å². The van der Waals surface area contributed by atoms with E-state index in [9.17, 15) is 4.21 Å². The van der Waals surface area contributed by atoms with Gasteiger partial charge in [-0.05, 0) is 47.4 Å². The fraction of sp³-hybridized carbons (Fsp3) is 0.500. The maximum Gasteiger partial charge on any atom is 0.167 e. The Hall–Kier alpha value is -0.300. The lowest BCUT2D eigenvalue weighted by Crippen LogP contribution is -2.27. The third-order valence-corrected chi connectivity index (χ3v) is 3.75. The summed E-state index contributed by atoms with van der Waals surface area (Å²) in [6.45, 7) is 0.870. The third kappa shape index (κ3) is 2.88. The van der Waals surface area contributed by atoms with Crippen LogP contribution in [-0.2, 0) is 11.1 Å². The van der Waals surface area contributed by atoms with E-state index in [4.69, 9.17) is 4.55 Å². The Morgan fingerprint density at radius 2 is 2.44 bits per heavy atom. The van der Waals surface area contributed by atoms with Gasteiger partial charge < -0.3 is 4.55 Å². The summed E-state index contributed by atoms with van der Waals surface area (Å²) in [4.78, 5) is 6.37. The van der Waals surface area contributed by atoms with Crippen LogP contribution in [-0.4, -0.2) is 31.1 Å². The molecule has 0 spiro atoms. The van der Waals surface area contributed by atoms with Gasteiger partial charge in [0.2, 0.25) is 0 Å². The molecule has 1 aliphatic heterocycles. The molecule has 1 aromatic heterocycles. The third-order valence-electron chi connectivity index (χ3n) is 2.73. The molecular formula is C10H13BrN2O2S. The van der Waals surface area contributed by atoms with Crippen molar-refractivity contribution >= 4 is 27.0 Å². The molecular weight excluding hydrogens is 292 g/mol.